The Morgan fingerprint density at radius 3 is 2.68 bits per heavy atom. The molecule has 0 aliphatic carbocycles. The molecule has 1 N–H and O–H groups in total. The summed E-state index contributed by atoms with van der Waals surface area (Å²) in [5.41, 5.74) is 8.71. The molecule has 0 aliphatic rings. The van der Waals surface area contributed by atoms with E-state index < -0.39 is 0 Å². The van der Waals surface area contributed by atoms with E-state index >= 15 is 0 Å². The molecule has 0 atom stereocenters. The van der Waals surface area contributed by atoms with E-state index in [1.807, 2.05) is 42.5 Å². The summed E-state index contributed by atoms with van der Waals surface area (Å²) in [4.78, 5) is 4.67. The largest absolute Gasteiger partial charge is 0.276 e. The van der Waals surface area contributed by atoms with E-state index in [1.54, 1.807) is 18.3 Å². The molecule has 0 saturated carbocycles. The van der Waals surface area contributed by atoms with Crippen molar-refractivity contribution in [2.45, 2.75) is 20.3 Å². The van der Waals surface area contributed by atoms with Crippen LogP contribution in [-0.4, -0.2) is 15.6 Å². The second kappa shape index (κ2) is 7.12. The molecule has 0 amide bonds. The Hall–Kier alpha value is -3.72. The lowest BCUT2D eigenvalue weighted by Gasteiger charge is -2.15. The van der Waals surface area contributed by atoms with Crippen molar-refractivity contribution in [3.05, 3.63) is 76.6 Å². The lowest BCUT2D eigenvalue weighted by atomic mass is 10.0. The van der Waals surface area contributed by atoms with Gasteiger partial charge in [0.15, 0.2) is 5.65 Å². The number of hydrogen-bond acceptors (Lipinski definition) is 4. The van der Waals surface area contributed by atoms with Gasteiger partial charge >= 0.3 is 0 Å². The van der Waals surface area contributed by atoms with Gasteiger partial charge in [-0.1, -0.05) is 31.2 Å². The third-order valence-corrected chi connectivity index (χ3v) is 4.84. The lowest BCUT2D eigenvalue weighted by molar-refractivity contribution is 0.628. The van der Waals surface area contributed by atoms with Crippen LogP contribution in [0.5, 0.6) is 0 Å². The first-order valence-electron chi connectivity index (χ1n) is 9.01. The fraction of sp³-hybridized carbons (Fsp3) is 0.136. The highest BCUT2D eigenvalue weighted by Gasteiger charge is 2.19. The van der Waals surface area contributed by atoms with Gasteiger partial charge in [0.1, 0.15) is 17.7 Å². The number of pyridine rings is 1. The SMILES string of the molecule is CCc1c(C)c(C#N)c2nc3ccccc3n2c1N/N=C/c1ccc(F)cc1. The van der Waals surface area contributed by atoms with Crippen LogP contribution < -0.4 is 5.43 Å². The predicted molar refractivity (Wildman–Crippen MR) is 109 cm³/mol. The number of hydrogen-bond donors (Lipinski definition) is 1. The van der Waals surface area contributed by atoms with E-state index in [0.29, 0.717) is 11.2 Å². The Bertz CT molecular complexity index is 1250. The maximum Gasteiger partial charge on any atom is 0.157 e. The average molecular weight is 371 g/mol. The van der Waals surface area contributed by atoms with Crippen molar-refractivity contribution >= 4 is 28.7 Å². The zero-order valence-corrected chi connectivity index (χ0v) is 15.6. The normalized spacial score (nSPS) is 11.4. The van der Waals surface area contributed by atoms with Crippen LogP contribution in [0.15, 0.2) is 53.6 Å². The number of nitrogens with zero attached hydrogens (tertiary/aromatic N) is 4. The van der Waals surface area contributed by atoms with Crippen molar-refractivity contribution in [2.24, 2.45) is 5.10 Å². The van der Waals surface area contributed by atoms with Gasteiger partial charge < -0.3 is 0 Å². The summed E-state index contributed by atoms with van der Waals surface area (Å²) in [7, 11) is 0. The molecular weight excluding hydrogens is 353 g/mol. The third kappa shape index (κ3) is 2.87. The molecular formula is C22H18FN5. The van der Waals surface area contributed by atoms with Crippen LogP contribution in [0.25, 0.3) is 16.7 Å². The van der Waals surface area contributed by atoms with E-state index in [2.05, 4.69) is 21.6 Å². The molecule has 0 spiro atoms. The second-order valence-electron chi connectivity index (χ2n) is 6.47. The molecule has 2 aromatic carbocycles. The topological polar surface area (TPSA) is 65.5 Å². The first-order valence-corrected chi connectivity index (χ1v) is 9.01. The summed E-state index contributed by atoms with van der Waals surface area (Å²) >= 11 is 0. The molecule has 28 heavy (non-hydrogen) atoms. The zero-order valence-electron chi connectivity index (χ0n) is 15.6. The molecule has 0 bridgehead atoms. The van der Waals surface area contributed by atoms with Crippen LogP contribution in [0.4, 0.5) is 10.2 Å². The molecule has 2 heterocycles. The smallest absolute Gasteiger partial charge is 0.157 e. The van der Waals surface area contributed by atoms with E-state index in [0.717, 1.165) is 40.0 Å². The van der Waals surface area contributed by atoms with Gasteiger partial charge in [0.25, 0.3) is 0 Å². The van der Waals surface area contributed by atoms with Crippen molar-refractivity contribution in [1.29, 1.82) is 5.26 Å². The molecule has 138 valence electrons. The highest BCUT2D eigenvalue weighted by atomic mass is 19.1. The summed E-state index contributed by atoms with van der Waals surface area (Å²) in [5, 5.41) is 14.1. The Morgan fingerprint density at radius 2 is 1.96 bits per heavy atom. The van der Waals surface area contributed by atoms with E-state index in [-0.39, 0.29) is 5.82 Å². The highest BCUT2D eigenvalue weighted by Crippen LogP contribution is 2.31. The number of imidazole rings is 1. The van der Waals surface area contributed by atoms with Gasteiger partial charge in [-0.05, 0) is 54.3 Å². The van der Waals surface area contributed by atoms with Crippen molar-refractivity contribution in [3.63, 3.8) is 0 Å². The van der Waals surface area contributed by atoms with Crippen LogP contribution in [0.3, 0.4) is 0 Å². The summed E-state index contributed by atoms with van der Waals surface area (Å²) in [6.07, 6.45) is 2.37. The summed E-state index contributed by atoms with van der Waals surface area (Å²) in [6, 6.07) is 16.2. The Balaban J connectivity index is 1.91. The van der Waals surface area contributed by atoms with Crippen LogP contribution in [0, 0.1) is 24.1 Å². The van der Waals surface area contributed by atoms with E-state index in [9.17, 15) is 9.65 Å². The van der Waals surface area contributed by atoms with Crippen LogP contribution in [0.2, 0.25) is 0 Å². The number of nitriles is 1. The van der Waals surface area contributed by atoms with Gasteiger partial charge in [-0.2, -0.15) is 10.4 Å². The van der Waals surface area contributed by atoms with Crippen molar-refractivity contribution in [1.82, 2.24) is 9.38 Å². The summed E-state index contributed by atoms with van der Waals surface area (Å²) in [6.45, 7) is 3.98. The number of aromatic nitrogens is 2. The number of benzene rings is 2. The molecule has 4 rings (SSSR count). The highest BCUT2D eigenvalue weighted by molar-refractivity contribution is 5.86. The predicted octanol–water partition coefficient (Wildman–Crippen LogP) is 4.82. The molecule has 0 radical (unpaired) electrons. The number of para-hydroxylation sites is 2. The standard InChI is InChI=1S/C22H18FN5/c1-3-17-14(2)18(12-24)21-26-19-6-4-5-7-20(19)28(21)22(17)27-25-13-15-8-10-16(23)11-9-15/h4-11,13,27H,3H2,1-2H3/b25-13+. The Labute approximate surface area is 161 Å². The minimum Gasteiger partial charge on any atom is -0.276 e. The van der Waals surface area contributed by atoms with Crippen LogP contribution in [-0.2, 0) is 6.42 Å². The number of hydrazone groups is 1. The molecule has 0 fully saturated rings. The maximum atomic E-state index is 13.1. The van der Waals surface area contributed by atoms with Gasteiger partial charge in [-0.25, -0.2) is 9.37 Å². The molecule has 0 aliphatic heterocycles. The molecule has 4 aromatic rings. The summed E-state index contributed by atoms with van der Waals surface area (Å²) in [5.74, 6) is 0.494. The monoisotopic (exact) mass is 371 g/mol. The van der Waals surface area contributed by atoms with Gasteiger partial charge in [0.05, 0.1) is 22.8 Å². The Morgan fingerprint density at radius 1 is 1.21 bits per heavy atom. The van der Waals surface area contributed by atoms with Gasteiger partial charge in [0, 0.05) is 0 Å². The number of anilines is 1. The Kier molecular flexibility index (Phi) is 4.50. The average Bonchev–Trinajstić information content (AvgIpc) is 3.08. The molecule has 5 nitrogen and oxygen atoms in total. The number of fused-ring (bicyclic) bond motifs is 3. The van der Waals surface area contributed by atoms with E-state index in [4.69, 9.17) is 0 Å². The maximum absolute atomic E-state index is 13.1. The van der Waals surface area contributed by atoms with E-state index in [1.165, 1.54) is 12.1 Å². The fourth-order valence-corrected chi connectivity index (χ4v) is 3.45. The van der Waals surface area contributed by atoms with Crippen LogP contribution in [0.1, 0.15) is 29.2 Å². The molecule has 0 unspecified atom stereocenters. The van der Waals surface area contributed by atoms with Gasteiger partial charge in [-0.15, -0.1) is 0 Å². The lowest BCUT2D eigenvalue weighted by Crippen LogP contribution is -2.07. The van der Waals surface area contributed by atoms with Crippen molar-refractivity contribution in [3.8, 4) is 6.07 Å². The minimum absolute atomic E-state index is 0.285. The number of nitrogens with one attached hydrogen (secondary N) is 1. The van der Waals surface area contributed by atoms with Crippen molar-refractivity contribution in [2.75, 3.05) is 5.43 Å². The molecule has 2 aromatic heterocycles. The number of halogens is 1. The first kappa shape index (κ1) is 17.7. The van der Waals surface area contributed by atoms with Crippen molar-refractivity contribution < 1.29 is 4.39 Å². The quantitative estimate of drug-likeness (QED) is 0.413. The van der Waals surface area contributed by atoms with Gasteiger partial charge in [-0.3, -0.25) is 9.83 Å². The number of rotatable bonds is 4. The van der Waals surface area contributed by atoms with Crippen LogP contribution >= 0.6 is 0 Å². The first-order chi connectivity index (χ1) is 13.6. The molecule has 0 saturated heterocycles. The zero-order chi connectivity index (χ0) is 19.7. The third-order valence-electron chi connectivity index (χ3n) is 4.84. The molecule has 6 heteroatoms. The second-order valence-corrected chi connectivity index (χ2v) is 6.47. The van der Waals surface area contributed by atoms with Gasteiger partial charge in [0.2, 0.25) is 0 Å². The minimum atomic E-state index is -0.285. The fourth-order valence-electron chi connectivity index (χ4n) is 3.45. The summed E-state index contributed by atoms with van der Waals surface area (Å²) < 4.78 is 15.0.